The van der Waals surface area contributed by atoms with Crippen LogP contribution in [0.2, 0.25) is 0 Å². The minimum Gasteiger partial charge on any atom is -0.399 e. The zero-order valence-corrected chi connectivity index (χ0v) is 10.1. The summed E-state index contributed by atoms with van der Waals surface area (Å²) in [5, 5.41) is 5.81. The number of anilines is 3. The van der Waals surface area contributed by atoms with Crippen molar-refractivity contribution in [3.63, 3.8) is 0 Å². The quantitative estimate of drug-likeness (QED) is 0.723. The van der Waals surface area contributed by atoms with Gasteiger partial charge in [0.2, 0.25) is 0 Å². The third-order valence-electron chi connectivity index (χ3n) is 2.58. The van der Waals surface area contributed by atoms with Gasteiger partial charge in [-0.2, -0.15) is 0 Å². The van der Waals surface area contributed by atoms with E-state index in [9.17, 15) is 4.79 Å². The Morgan fingerprint density at radius 3 is 2.44 bits per heavy atom. The van der Waals surface area contributed by atoms with Crippen molar-refractivity contribution >= 4 is 23.0 Å². The van der Waals surface area contributed by atoms with Crippen LogP contribution in [0.1, 0.15) is 10.4 Å². The second-order valence-electron chi connectivity index (χ2n) is 3.91. The van der Waals surface area contributed by atoms with E-state index in [1.165, 1.54) is 0 Å². The number of nitrogen functional groups attached to an aromatic ring is 1. The Kier molecular flexibility index (Phi) is 3.48. The molecule has 0 spiro atoms. The van der Waals surface area contributed by atoms with Crippen LogP contribution in [0.5, 0.6) is 0 Å². The van der Waals surface area contributed by atoms with E-state index in [1.54, 1.807) is 36.4 Å². The van der Waals surface area contributed by atoms with Gasteiger partial charge in [0.25, 0.3) is 5.91 Å². The third kappa shape index (κ3) is 2.79. The maximum absolute atomic E-state index is 12.0. The first-order chi connectivity index (χ1) is 8.69. The monoisotopic (exact) mass is 241 g/mol. The van der Waals surface area contributed by atoms with E-state index in [0.29, 0.717) is 11.3 Å². The molecule has 4 N–H and O–H groups in total. The Morgan fingerprint density at radius 2 is 1.78 bits per heavy atom. The largest absolute Gasteiger partial charge is 0.399 e. The van der Waals surface area contributed by atoms with Crippen LogP contribution in [0.4, 0.5) is 17.1 Å². The summed E-state index contributed by atoms with van der Waals surface area (Å²) in [4.78, 5) is 12.0. The summed E-state index contributed by atoms with van der Waals surface area (Å²) >= 11 is 0. The van der Waals surface area contributed by atoms with E-state index in [0.717, 1.165) is 11.4 Å². The summed E-state index contributed by atoms with van der Waals surface area (Å²) in [5.41, 5.74) is 8.50. The van der Waals surface area contributed by atoms with Crippen molar-refractivity contribution in [2.75, 3.05) is 23.4 Å². The van der Waals surface area contributed by atoms with Gasteiger partial charge in [0.05, 0.1) is 0 Å². The van der Waals surface area contributed by atoms with Gasteiger partial charge in [-0.05, 0) is 42.5 Å². The SMILES string of the molecule is CNc1cccc(C(=O)Nc2ccc(N)cc2)c1. The highest BCUT2D eigenvalue weighted by atomic mass is 16.1. The molecular formula is C14H15N3O. The number of carbonyl (C=O) groups excluding carboxylic acids is 1. The van der Waals surface area contributed by atoms with Gasteiger partial charge in [0.1, 0.15) is 0 Å². The predicted molar refractivity (Wildman–Crippen MR) is 74.8 cm³/mol. The number of hydrogen-bond acceptors (Lipinski definition) is 3. The molecule has 92 valence electrons. The van der Waals surface area contributed by atoms with Crippen LogP contribution in [0.15, 0.2) is 48.5 Å². The molecule has 0 saturated carbocycles. The van der Waals surface area contributed by atoms with Crippen molar-refractivity contribution in [3.8, 4) is 0 Å². The lowest BCUT2D eigenvalue weighted by atomic mass is 10.2. The van der Waals surface area contributed by atoms with Crippen molar-refractivity contribution in [2.24, 2.45) is 0 Å². The summed E-state index contributed by atoms with van der Waals surface area (Å²) < 4.78 is 0. The summed E-state index contributed by atoms with van der Waals surface area (Å²) in [6, 6.07) is 14.4. The normalized spacial score (nSPS) is 9.83. The van der Waals surface area contributed by atoms with Gasteiger partial charge in [-0.3, -0.25) is 4.79 Å². The molecule has 0 radical (unpaired) electrons. The summed E-state index contributed by atoms with van der Waals surface area (Å²) in [7, 11) is 1.82. The topological polar surface area (TPSA) is 67.2 Å². The van der Waals surface area contributed by atoms with Crippen molar-refractivity contribution in [1.82, 2.24) is 0 Å². The van der Waals surface area contributed by atoms with E-state index in [1.807, 2.05) is 19.2 Å². The van der Waals surface area contributed by atoms with Crippen LogP contribution in [-0.2, 0) is 0 Å². The molecule has 1 amide bonds. The van der Waals surface area contributed by atoms with Crippen molar-refractivity contribution in [3.05, 3.63) is 54.1 Å². The van der Waals surface area contributed by atoms with Crippen LogP contribution in [0.25, 0.3) is 0 Å². The molecule has 4 nitrogen and oxygen atoms in total. The molecular weight excluding hydrogens is 226 g/mol. The minimum atomic E-state index is -0.142. The summed E-state index contributed by atoms with van der Waals surface area (Å²) in [5.74, 6) is -0.142. The maximum atomic E-state index is 12.0. The predicted octanol–water partition coefficient (Wildman–Crippen LogP) is 2.56. The number of benzene rings is 2. The summed E-state index contributed by atoms with van der Waals surface area (Å²) in [6.45, 7) is 0. The smallest absolute Gasteiger partial charge is 0.255 e. The third-order valence-corrected chi connectivity index (χ3v) is 2.58. The van der Waals surface area contributed by atoms with Crippen molar-refractivity contribution in [1.29, 1.82) is 0 Å². The van der Waals surface area contributed by atoms with Crippen molar-refractivity contribution < 1.29 is 4.79 Å². The van der Waals surface area contributed by atoms with Gasteiger partial charge in [0, 0.05) is 29.7 Å². The van der Waals surface area contributed by atoms with Gasteiger partial charge in [0.15, 0.2) is 0 Å². The Labute approximate surface area is 106 Å². The van der Waals surface area contributed by atoms with E-state index in [2.05, 4.69) is 10.6 Å². The van der Waals surface area contributed by atoms with Gasteiger partial charge in [-0.25, -0.2) is 0 Å². The van der Waals surface area contributed by atoms with E-state index in [-0.39, 0.29) is 5.91 Å². The Morgan fingerprint density at radius 1 is 1.06 bits per heavy atom. The standard InChI is InChI=1S/C14H15N3O/c1-16-13-4-2-3-10(9-13)14(18)17-12-7-5-11(15)6-8-12/h2-9,16H,15H2,1H3,(H,17,18). The first-order valence-electron chi connectivity index (χ1n) is 5.64. The van der Waals surface area contributed by atoms with Crippen LogP contribution in [0.3, 0.4) is 0 Å². The second kappa shape index (κ2) is 5.23. The van der Waals surface area contributed by atoms with Crippen molar-refractivity contribution in [2.45, 2.75) is 0 Å². The Balaban J connectivity index is 2.14. The fourth-order valence-electron chi connectivity index (χ4n) is 1.59. The summed E-state index contributed by atoms with van der Waals surface area (Å²) in [6.07, 6.45) is 0. The fourth-order valence-corrected chi connectivity index (χ4v) is 1.59. The highest BCUT2D eigenvalue weighted by molar-refractivity contribution is 6.04. The lowest BCUT2D eigenvalue weighted by molar-refractivity contribution is 0.102. The zero-order chi connectivity index (χ0) is 13.0. The molecule has 18 heavy (non-hydrogen) atoms. The molecule has 2 rings (SSSR count). The molecule has 0 fully saturated rings. The molecule has 0 aromatic heterocycles. The van der Waals surface area contributed by atoms with Gasteiger partial charge in [-0.1, -0.05) is 6.07 Å². The molecule has 0 heterocycles. The van der Waals surface area contributed by atoms with Crippen LogP contribution in [-0.4, -0.2) is 13.0 Å². The molecule has 0 unspecified atom stereocenters. The van der Waals surface area contributed by atoms with Gasteiger partial charge >= 0.3 is 0 Å². The average molecular weight is 241 g/mol. The lowest BCUT2D eigenvalue weighted by Crippen LogP contribution is -2.12. The Hall–Kier alpha value is -2.49. The highest BCUT2D eigenvalue weighted by Crippen LogP contribution is 2.14. The maximum Gasteiger partial charge on any atom is 0.255 e. The number of nitrogens with two attached hydrogens (primary N) is 1. The highest BCUT2D eigenvalue weighted by Gasteiger charge is 2.06. The van der Waals surface area contributed by atoms with Crippen LogP contribution >= 0.6 is 0 Å². The van der Waals surface area contributed by atoms with Crippen LogP contribution in [0, 0.1) is 0 Å². The molecule has 0 saturated heterocycles. The second-order valence-corrected chi connectivity index (χ2v) is 3.91. The molecule has 0 aliphatic rings. The number of hydrogen-bond donors (Lipinski definition) is 3. The first-order valence-corrected chi connectivity index (χ1v) is 5.64. The molecule has 0 aliphatic heterocycles. The number of nitrogens with one attached hydrogen (secondary N) is 2. The molecule has 2 aromatic rings. The molecule has 0 aliphatic carbocycles. The van der Waals surface area contributed by atoms with E-state index >= 15 is 0 Å². The zero-order valence-electron chi connectivity index (χ0n) is 10.1. The number of carbonyl (C=O) groups is 1. The Bertz CT molecular complexity index is 549. The lowest BCUT2D eigenvalue weighted by Gasteiger charge is -2.07. The molecule has 0 atom stereocenters. The average Bonchev–Trinajstić information content (AvgIpc) is 2.41. The van der Waals surface area contributed by atoms with E-state index in [4.69, 9.17) is 5.73 Å². The molecule has 0 bridgehead atoms. The van der Waals surface area contributed by atoms with E-state index < -0.39 is 0 Å². The molecule has 2 aromatic carbocycles. The van der Waals surface area contributed by atoms with Gasteiger partial charge in [-0.15, -0.1) is 0 Å². The van der Waals surface area contributed by atoms with Gasteiger partial charge < -0.3 is 16.4 Å². The minimum absolute atomic E-state index is 0.142. The first kappa shape index (κ1) is 12.0. The number of amides is 1. The molecule has 4 heteroatoms. The van der Waals surface area contributed by atoms with Crippen LogP contribution < -0.4 is 16.4 Å². The fraction of sp³-hybridized carbons (Fsp3) is 0.0714. The number of rotatable bonds is 3.